The quantitative estimate of drug-likeness (QED) is 0.685. The van der Waals surface area contributed by atoms with E-state index in [0.29, 0.717) is 23.8 Å². The van der Waals surface area contributed by atoms with Crippen molar-refractivity contribution in [2.75, 3.05) is 6.54 Å². The SMILES string of the molecule is C=C(C)/C=C(\CN)C(C)N1Cc2c(ccnc2Cl)C1=O. The number of hydrogen-bond donors (Lipinski definition) is 1. The number of allylic oxidation sites excluding steroid dienone is 2. The monoisotopic (exact) mass is 291 g/mol. The fourth-order valence-corrected chi connectivity index (χ4v) is 2.61. The highest BCUT2D eigenvalue weighted by atomic mass is 35.5. The van der Waals surface area contributed by atoms with Crippen molar-refractivity contribution in [1.82, 2.24) is 9.88 Å². The van der Waals surface area contributed by atoms with Crippen molar-refractivity contribution < 1.29 is 4.79 Å². The van der Waals surface area contributed by atoms with Crippen LogP contribution in [0.5, 0.6) is 0 Å². The Morgan fingerprint density at radius 3 is 2.95 bits per heavy atom. The summed E-state index contributed by atoms with van der Waals surface area (Å²) in [4.78, 5) is 18.2. The molecule has 0 fully saturated rings. The van der Waals surface area contributed by atoms with Crippen LogP contribution in [-0.2, 0) is 6.54 Å². The minimum Gasteiger partial charge on any atom is -0.328 e. The fraction of sp³-hybridized carbons (Fsp3) is 0.333. The van der Waals surface area contributed by atoms with Crippen LogP contribution >= 0.6 is 11.6 Å². The van der Waals surface area contributed by atoms with Gasteiger partial charge in [0.2, 0.25) is 0 Å². The number of nitrogens with zero attached hydrogens (tertiary/aromatic N) is 2. The Morgan fingerprint density at radius 2 is 2.40 bits per heavy atom. The molecule has 1 unspecified atom stereocenters. The van der Waals surface area contributed by atoms with E-state index < -0.39 is 0 Å². The van der Waals surface area contributed by atoms with Crippen LogP contribution in [0.4, 0.5) is 0 Å². The van der Waals surface area contributed by atoms with Gasteiger partial charge in [0.15, 0.2) is 0 Å². The molecule has 1 amide bonds. The summed E-state index contributed by atoms with van der Waals surface area (Å²) in [6.45, 7) is 8.59. The average molecular weight is 292 g/mol. The molecule has 0 radical (unpaired) electrons. The molecule has 106 valence electrons. The summed E-state index contributed by atoms with van der Waals surface area (Å²) in [6, 6.07) is 1.62. The molecule has 1 aliphatic heterocycles. The maximum atomic E-state index is 12.4. The second-order valence-electron chi connectivity index (χ2n) is 5.01. The molecule has 2 N–H and O–H groups in total. The van der Waals surface area contributed by atoms with Gasteiger partial charge >= 0.3 is 0 Å². The van der Waals surface area contributed by atoms with E-state index in [1.54, 1.807) is 17.2 Å². The van der Waals surface area contributed by atoms with E-state index in [9.17, 15) is 4.79 Å². The number of hydrogen-bond acceptors (Lipinski definition) is 3. The normalized spacial score (nSPS) is 16.3. The summed E-state index contributed by atoms with van der Waals surface area (Å²) in [5, 5.41) is 0.392. The number of nitrogens with two attached hydrogens (primary N) is 1. The largest absolute Gasteiger partial charge is 0.328 e. The van der Waals surface area contributed by atoms with Crippen LogP contribution in [0.25, 0.3) is 0 Å². The summed E-state index contributed by atoms with van der Waals surface area (Å²) in [5.41, 5.74) is 9.09. The molecular formula is C15H18ClN3O. The number of rotatable bonds is 4. The zero-order valence-electron chi connectivity index (χ0n) is 11.7. The smallest absolute Gasteiger partial charge is 0.255 e. The van der Waals surface area contributed by atoms with Crippen LogP contribution < -0.4 is 5.73 Å². The Bertz CT molecular complexity index is 595. The van der Waals surface area contributed by atoms with Crippen molar-refractivity contribution in [3.63, 3.8) is 0 Å². The van der Waals surface area contributed by atoms with Crippen molar-refractivity contribution in [3.05, 3.63) is 52.3 Å². The van der Waals surface area contributed by atoms with E-state index in [4.69, 9.17) is 17.3 Å². The molecule has 0 saturated carbocycles. The Hall–Kier alpha value is -1.65. The first-order valence-corrected chi connectivity index (χ1v) is 6.84. The minimum absolute atomic E-state index is 0.0298. The van der Waals surface area contributed by atoms with Gasteiger partial charge in [-0.3, -0.25) is 4.79 Å². The third-order valence-electron chi connectivity index (χ3n) is 3.49. The molecule has 2 heterocycles. The topological polar surface area (TPSA) is 59.2 Å². The molecule has 1 atom stereocenters. The maximum absolute atomic E-state index is 12.4. The summed E-state index contributed by atoms with van der Waals surface area (Å²) in [6.07, 6.45) is 3.49. The number of halogens is 1. The van der Waals surface area contributed by atoms with E-state index in [2.05, 4.69) is 11.6 Å². The van der Waals surface area contributed by atoms with Crippen molar-refractivity contribution in [3.8, 4) is 0 Å². The predicted molar refractivity (Wildman–Crippen MR) is 80.5 cm³/mol. The van der Waals surface area contributed by atoms with Gasteiger partial charge in [-0.2, -0.15) is 0 Å². The van der Waals surface area contributed by atoms with Gasteiger partial charge in [-0.25, -0.2) is 4.98 Å². The lowest BCUT2D eigenvalue weighted by atomic mass is 10.1. The van der Waals surface area contributed by atoms with E-state index in [-0.39, 0.29) is 11.9 Å². The first-order valence-electron chi connectivity index (χ1n) is 6.46. The number of aromatic nitrogens is 1. The van der Waals surface area contributed by atoms with Crippen LogP contribution in [0, 0.1) is 0 Å². The molecule has 20 heavy (non-hydrogen) atoms. The Labute approximate surface area is 123 Å². The van der Waals surface area contributed by atoms with E-state index in [1.165, 1.54) is 0 Å². The minimum atomic E-state index is -0.0901. The molecule has 0 aromatic carbocycles. The molecule has 0 bridgehead atoms. The van der Waals surface area contributed by atoms with Gasteiger partial charge in [0.05, 0.1) is 12.6 Å². The summed E-state index contributed by atoms with van der Waals surface area (Å²) in [5.74, 6) is -0.0298. The Balaban J connectivity index is 2.31. The van der Waals surface area contributed by atoms with Gasteiger partial charge in [-0.05, 0) is 25.5 Å². The molecule has 5 heteroatoms. The highest BCUT2D eigenvalue weighted by molar-refractivity contribution is 6.30. The number of amides is 1. The number of carbonyl (C=O) groups is 1. The molecule has 0 saturated heterocycles. The van der Waals surface area contributed by atoms with Gasteiger partial charge in [0.1, 0.15) is 5.15 Å². The third-order valence-corrected chi connectivity index (χ3v) is 3.82. The maximum Gasteiger partial charge on any atom is 0.255 e. The predicted octanol–water partition coefficient (Wildman–Crippen LogP) is 2.54. The zero-order valence-corrected chi connectivity index (χ0v) is 12.4. The summed E-state index contributed by atoms with van der Waals surface area (Å²) in [7, 11) is 0. The Kier molecular flexibility index (Phi) is 4.26. The van der Waals surface area contributed by atoms with Crippen LogP contribution in [0.1, 0.15) is 29.8 Å². The number of fused-ring (bicyclic) bond motifs is 1. The third kappa shape index (κ3) is 2.62. The van der Waals surface area contributed by atoms with E-state index in [1.807, 2.05) is 19.9 Å². The molecule has 1 aromatic rings. The van der Waals surface area contributed by atoms with Crippen LogP contribution in [0.2, 0.25) is 5.15 Å². The van der Waals surface area contributed by atoms with Crippen molar-refractivity contribution in [2.24, 2.45) is 5.73 Å². The van der Waals surface area contributed by atoms with Gasteiger partial charge in [-0.15, -0.1) is 0 Å². The van der Waals surface area contributed by atoms with Crippen molar-refractivity contribution in [1.29, 1.82) is 0 Å². The molecule has 1 aromatic heterocycles. The van der Waals surface area contributed by atoms with E-state index in [0.717, 1.165) is 16.7 Å². The van der Waals surface area contributed by atoms with Gasteiger partial charge in [0.25, 0.3) is 5.91 Å². The zero-order chi connectivity index (χ0) is 14.9. The number of pyridine rings is 1. The molecule has 2 rings (SSSR count). The molecule has 0 spiro atoms. The highest BCUT2D eigenvalue weighted by Gasteiger charge is 2.33. The average Bonchev–Trinajstić information content (AvgIpc) is 2.74. The van der Waals surface area contributed by atoms with Crippen molar-refractivity contribution >= 4 is 17.5 Å². The molecular weight excluding hydrogens is 274 g/mol. The standard InChI is InChI=1S/C15H18ClN3O/c1-9(2)6-11(7-17)10(3)19-8-13-12(15(19)20)4-5-18-14(13)16/h4-6,10H,1,7-8,17H2,2-3H3/b11-6+. The van der Waals surface area contributed by atoms with Gasteiger partial charge in [-0.1, -0.05) is 29.8 Å². The van der Waals surface area contributed by atoms with Gasteiger partial charge < -0.3 is 10.6 Å². The number of carbonyl (C=O) groups excluding carboxylic acids is 1. The summed E-state index contributed by atoms with van der Waals surface area (Å²) >= 11 is 6.06. The molecule has 4 nitrogen and oxygen atoms in total. The first-order chi connectivity index (χ1) is 9.45. The molecule has 1 aliphatic rings. The Morgan fingerprint density at radius 1 is 1.70 bits per heavy atom. The van der Waals surface area contributed by atoms with Crippen LogP contribution in [-0.4, -0.2) is 28.4 Å². The lowest BCUT2D eigenvalue weighted by molar-refractivity contribution is 0.0740. The lowest BCUT2D eigenvalue weighted by Gasteiger charge is -2.26. The van der Waals surface area contributed by atoms with Crippen LogP contribution in [0.3, 0.4) is 0 Å². The molecule has 0 aliphatic carbocycles. The first kappa shape index (κ1) is 14.8. The second-order valence-corrected chi connectivity index (χ2v) is 5.36. The summed E-state index contributed by atoms with van der Waals surface area (Å²) < 4.78 is 0. The van der Waals surface area contributed by atoms with Crippen molar-refractivity contribution in [2.45, 2.75) is 26.4 Å². The highest BCUT2D eigenvalue weighted by Crippen LogP contribution is 2.30. The second kappa shape index (κ2) is 5.77. The van der Waals surface area contributed by atoms with Crippen LogP contribution in [0.15, 0.2) is 36.1 Å². The van der Waals surface area contributed by atoms with Gasteiger partial charge in [0, 0.05) is 23.9 Å². The lowest BCUT2D eigenvalue weighted by Crippen LogP contribution is -2.36. The van der Waals surface area contributed by atoms with E-state index >= 15 is 0 Å². The fourth-order valence-electron chi connectivity index (χ4n) is 2.39.